The molecule has 0 heterocycles. The topological polar surface area (TPSA) is 93.5 Å². The zero-order chi connectivity index (χ0) is 16.8. The van der Waals surface area contributed by atoms with Crippen molar-refractivity contribution in [3.8, 4) is 5.75 Å². The molecular weight excluding hydrogens is 298 g/mol. The van der Waals surface area contributed by atoms with Gasteiger partial charge in [-0.05, 0) is 25.8 Å². The third kappa shape index (κ3) is 4.66. The second kappa shape index (κ2) is 7.92. The van der Waals surface area contributed by atoms with Crippen molar-refractivity contribution in [3.63, 3.8) is 0 Å². The zero-order valence-electron chi connectivity index (χ0n) is 13.5. The maximum atomic E-state index is 12.3. The summed E-state index contributed by atoms with van der Waals surface area (Å²) < 4.78 is 5.15. The molecule has 2 rings (SSSR count). The van der Waals surface area contributed by atoms with Crippen LogP contribution in [-0.2, 0) is 4.79 Å². The molecule has 1 atom stereocenters. The Morgan fingerprint density at radius 3 is 2.65 bits per heavy atom. The minimum absolute atomic E-state index is 0.0889. The van der Waals surface area contributed by atoms with E-state index in [0.29, 0.717) is 17.5 Å². The summed E-state index contributed by atoms with van der Waals surface area (Å²) >= 11 is 0. The van der Waals surface area contributed by atoms with Gasteiger partial charge < -0.3 is 15.4 Å². The first kappa shape index (κ1) is 17.2. The van der Waals surface area contributed by atoms with E-state index in [1.165, 1.54) is 44.6 Å². The van der Waals surface area contributed by atoms with Gasteiger partial charge in [-0.25, -0.2) is 0 Å². The summed E-state index contributed by atoms with van der Waals surface area (Å²) in [6.45, 7) is 1.80. The van der Waals surface area contributed by atoms with Gasteiger partial charge in [0.15, 0.2) is 0 Å². The van der Waals surface area contributed by atoms with E-state index in [1.54, 1.807) is 6.92 Å². The summed E-state index contributed by atoms with van der Waals surface area (Å²) in [5.74, 6) is 0.170. The lowest BCUT2D eigenvalue weighted by atomic mass is 9.95. The maximum Gasteiger partial charge on any atom is 0.271 e. The van der Waals surface area contributed by atoms with Gasteiger partial charge >= 0.3 is 0 Å². The number of anilines is 1. The number of non-ortho nitro benzene ring substituents is 1. The van der Waals surface area contributed by atoms with Crippen molar-refractivity contribution < 1.29 is 14.5 Å². The Labute approximate surface area is 135 Å². The number of carbonyl (C=O) groups is 1. The SMILES string of the molecule is COc1ccc([N+](=O)[O-])cc1NC(=O)C(C)NC1CCCCC1. The number of nitro benzene ring substituents is 1. The molecule has 7 nitrogen and oxygen atoms in total. The van der Waals surface area contributed by atoms with Crippen molar-refractivity contribution in [1.29, 1.82) is 0 Å². The number of nitrogens with zero attached hydrogens (tertiary/aromatic N) is 1. The number of nitro groups is 1. The van der Waals surface area contributed by atoms with Crippen LogP contribution in [-0.4, -0.2) is 30.0 Å². The van der Waals surface area contributed by atoms with Gasteiger partial charge in [0, 0.05) is 18.2 Å². The monoisotopic (exact) mass is 321 g/mol. The van der Waals surface area contributed by atoms with E-state index in [0.717, 1.165) is 12.8 Å². The fourth-order valence-electron chi connectivity index (χ4n) is 2.85. The van der Waals surface area contributed by atoms with Crippen molar-refractivity contribution >= 4 is 17.3 Å². The smallest absolute Gasteiger partial charge is 0.271 e. The molecule has 0 radical (unpaired) electrons. The minimum atomic E-state index is -0.501. The molecule has 1 fully saturated rings. The first-order chi connectivity index (χ1) is 11.0. The van der Waals surface area contributed by atoms with E-state index < -0.39 is 4.92 Å². The average Bonchev–Trinajstić information content (AvgIpc) is 2.55. The molecule has 0 bridgehead atoms. The van der Waals surface area contributed by atoms with Crippen molar-refractivity contribution in [2.24, 2.45) is 0 Å². The quantitative estimate of drug-likeness (QED) is 0.620. The van der Waals surface area contributed by atoms with Gasteiger partial charge in [0.05, 0.1) is 23.8 Å². The number of methoxy groups -OCH3 is 1. The highest BCUT2D eigenvalue weighted by atomic mass is 16.6. The van der Waals surface area contributed by atoms with Crippen LogP contribution in [0.15, 0.2) is 18.2 Å². The first-order valence-corrected chi connectivity index (χ1v) is 7.90. The van der Waals surface area contributed by atoms with Crippen molar-refractivity contribution in [3.05, 3.63) is 28.3 Å². The van der Waals surface area contributed by atoms with Crippen LogP contribution in [0.25, 0.3) is 0 Å². The second-order valence-electron chi connectivity index (χ2n) is 5.85. The van der Waals surface area contributed by atoms with E-state index >= 15 is 0 Å². The standard InChI is InChI=1S/C16H23N3O4/c1-11(17-12-6-4-3-5-7-12)16(20)18-14-10-13(19(21)22)8-9-15(14)23-2/h8-12,17H,3-7H2,1-2H3,(H,18,20). The van der Waals surface area contributed by atoms with Crippen LogP contribution in [0.4, 0.5) is 11.4 Å². The summed E-state index contributed by atoms with van der Waals surface area (Å²) in [7, 11) is 1.46. The lowest BCUT2D eigenvalue weighted by Crippen LogP contribution is -2.44. The van der Waals surface area contributed by atoms with Crippen LogP contribution in [0.5, 0.6) is 5.75 Å². The van der Waals surface area contributed by atoms with Gasteiger partial charge in [-0.15, -0.1) is 0 Å². The van der Waals surface area contributed by atoms with Crippen LogP contribution in [0.1, 0.15) is 39.0 Å². The molecule has 0 aliphatic heterocycles. The van der Waals surface area contributed by atoms with Crippen LogP contribution in [0.3, 0.4) is 0 Å². The highest BCUT2D eigenvalue weighted by molar-refractivity contribution is 5.96. The van der Waals surface area contributed by atoms with Crippen LogP contribution in [0.2, 0.25) is 0 Å². The predicted octanol–water partition coefficient (Wildman–Crippen LogP) is 2.85. The van der Waals surface area contributed by atoms with Gasteiger partial charge in [-0.2, -0.15) is 0 Å². The average molecular weight is 321 g/mol. The van der Waals surface area contributed by atoms with Crippen molar-refractivity contribution in [1.82, 2.24) is 5.32 Å². The number of ether oxygens (including phenoxy) is 1. The molecule has 1 aliphatic rings. The van der Waals surface area contributed by atoms with E-state index in [2.05, 4.69) is 10.6 Å². The molecule has 23 heavy (non-hydrogen) atoms. The van der Waals surface area contributed by atoms with E-state index in [-0.39, 0.29) is 17.6 Å². The number of nitrogens with one attached hydrogen (secondary N) is 2. The fraction of sp³-hybridized carbons (Fsp3) is 0.562. The summed E-state index contributed by atoms with van der Waals surface area (Å²) in [4.78, 5) is 22.7. The molecule has 1 aromatic rings. The Balaban J connectivity index is 2.03. The number of amides is 1. The Hall–Kier alpha value is -2.15. The molecule has 1 amide bonds. The number of benzene rings is 1. The molecule has 1 unspecified atom stereocenters. The zero-order valence-corrected chi connectivity index (χ0v) is 13.5. The summed E-state index contributed by atoms with van der Waals surface area (Å²) in [5.41, 5.74) is 0.220. The van der Waals surface area contributed by atoms with Crippen LogP contribution >= 0.6 is 0 Å². The number of hydrogen-bond donors (Lipinski definition) is 2. The molecule has 0 aromatic heterocycles. The lowest BCUT2D eigenvalue weighted by Gasteiger charge is -2.26. The van der Waals surface area contributed by atoms with Crippen molar-refractivity contribution in [2.75, 3.05) is 12.4 Å². The Bertz CT molecular complexity index is 570. The molecule has 126 valence electrons. The maximum absolute atomic E-state index is 12.3. The van der Waals surface area contributed by atoms with E-state index in [9.17, 15) is 14.9 Å². The minimum Gasteiger partial charge on any atom is -0.495 e. The summed E-state index contributed by atoms with van der Waals surface area (Å²) in [5, 5.41) is 16.9. The summed E-state index contributed by atoms with van der Waals surface area (Å²) in [6.07, 6.45) is 5.79. The lowest BCUT2D eigenvalue weighted by molar-refractivity contribution is -0.384. The predicted molar refractivity (Wildman–Crippen MR) is 87.7 cm³/mol. The van der Waals surface area contributed by atoms with Crippen molar-refractivity contribution in [2.45, 2.75) is 51.1 Å². The fourth-order valence-corrected chi connectivity index (χ4v) is 2.85. The largest absolute Gasteiger partial charge is 0.495 e. The Morgan fingerprint density at radius 1 is 1.35 bits per heavy atom. The number of hydrogen-bond acceptors (Lipinski definition) is 5. The van der Waals surface area contributed by atoms with Gasteiger partial charge in [0.2, 0.25) is 5.91 Å². The Morgan fingerprint density at radius 2 is 2.04 bits per heavy atom. The van der Waals surface area contributed by atoms with E-state index in [1.807, 2.05) is 0 Å². The van der Waals surface area contributed by atoms with Gasteiger partial charge in [-0.3, -0.25) is 14.9 Å². The number of carbonyl (C=O) groups excluding carboxylic acids is 1. The number of rotatable bonds is 6. The third-order valence-electron chi connectivity index (χ3n) is 4.14. The molecule has 0 saturated heterocycles. The molecular formula is C16H23N3O4. The van der Waals surface area contributed by atoms with Crippen LogP contribution in [0, 0.1) is 10.1 Å². The van der Waals surface area contributed by atoms with Gasteiger partial charge in [0.1, 0.15) is 5.75 Å². The second-order valence-corrected chi connectivity index (χ2v) is 5.85. The molecule has 7 heteroatoms. The molecule has 1 aromatic carbocycles. The molecule has 1 aliphatic carbocycles. The van der Waals surface area contributed by atoms with Gasteiger partial charge in [0.25, 0.3) is 5.69 Å². The van der Waals surface area contributed by atoms with Gasteiger partial charge in [-0.1, -0.05) is 19.3 Å². The Kier molecular flexibility index (Phi) is 5.92. The first-order valence-electron chi connectivity index (χ1n) is 7.90. The highest BCUT2D eigenvalue weighted by Gasteiger charge is 2.21. The normalized spacial score (nSPS) is 16.6. The molecule has 1 saturated carbocycles. The van der Waals surface area contributed by atoms with Crippen LogP contribution < -0.4 is 15.4 Å². The van der Waals surface area contributed by atoms with E-state index in [4.69, 9.17) is 4.74 Å². The summed E-state index contributed by atoms with van der Waals surface area (Å²) in [6, 6.07) is 4.12. The third-order valence-corrected chi connectivity index (χ3v) is 4.14. The highest BCUT2D eigenvalue weighted by Crippen LogP contribution is 2.29. The molecule has 2 N–H and O–H groups in total. The molecule has 0 spiro atoms.